The number of nitrogens with zero attached hydrogens (tertiary/aromatic N) is 1. The highest BCUT2D eigenvalue weighted by Crippen LogP contribution is 2.17. The zero-order valence-corrected chi connectivity index (χ0v) is 10.8. The molecule has 0 amide bonds. The molecule has 1 aromatic rings. The maximum absolute atomic E-state index is 6.02. The number of rotatable bonds is 2. The molecule has 17 heavy (non-hydrogen) atoms. The zero-order valence-electron chi connectivity index (χ0n) is 10.8. The number of hydrogen-bond donors (Lipinski definition) is 1. The van der Waals surface area contributed by atoms with Crippen LogP contribution >= 0.6 is 0 Å². The SMILES string of the molecule is Cc1ccc(N)c(CN2CCCOC(C)C2)c1. The first-order valence-electron chi connectivity index (χ1n) is 6.34. The monoisotopic (exact) mass is 234 g/mol. The van der Waals surface area contributed by atoms with Crippen LogP contribution in [-0.2, 0) is 11.3 Å². The average molecular weight is 234 g/mol. The van der Waals surface area contributed by atoms with E-state index in [-0.39, 0.29) is 0 Å². The summed E-state index contributed by atoms with van der Waals surface area (Å²) in [6.07, 6.45) is 1.43. The third-order valence-electron chi connectivity index (χ3n) is 3.23. The van der Waals surface area contributed by atoms with Crippen molar-refractivity contribution in [1.29, 1.82) is 0 Å². The molecule has 1 saturated heterocycles. The van der Waals surface area contributed by atoms with E-state index in [1.807, 2.05) is 6.07 Å². The minimum Gasteiger partial charge on any atom is -0.398 e. The van der Waals surface area contributed by atoms with Gasteiger partial charge in [0, 0.05) is 31.9 Å². The second-order valence-electron chi connectivity index (χ2n) is 4.97. The molecule has 1 fully saturated rings. The second kappa shape index (κ2) is 5.52. The van der Waals surface area contributed by atoms with Crippen LogP contribution in [-0.4, -0.2) is 30.7 Å². The molecule has 3 nitrogen and oxygen atoms in total. The average Bonchev–Trinajstić information content (AvgIpc) is 2.48. The summed E-state index contributed by atoms with van der Waals surface area (Å²) in [6, 6.07) is 6.25. The van der Waals surface area contributed by atoms with Gasteiger partial charge in [-0.05, 0) is 31.9 Å². The van der Waals surface area contributed by atoms with Gasteiger partial charge in [0.05, 0.1) is 6.10 Å². The Morgan fingerprint density at radius 3 is 3.12 bits per heavy atom. The number of aryl methyl sites for hydroxylation is 1. The molecule has 2 N–H and O–H groups in total. The van der Waals surface area contributed by atoms with Gasteiger partial charge < -0.3 is 10.5 Å². The van der Waals surface area contributed by atoms with E-state index in [1.54, 1.807) is 0 Å². The van der Waals surface area contributed by atoms with Crippen molar-refractivity contribution >= 4 is 5.69 Å². The lowest BCUT2D eigenvalue weighted by Crippen LogP contribution is -2.30. The van der Waals surface area contributed by atoms with Gasteiger partial charge in [-0.1, -0.05) is 17.7 Å². The standard InChI is InChI=1S/C14H22N2O/c1-11-4-5-14(15)13(8-11)10-16-6-3-7-17-12(2)9-16/h4-5,8,12H,3,6-7,9-10,15H2,1-2H3. The number of nitrogen functional groups attached to an aromatic ring is 1. The summed E-state index contributed by atoms with van der Waals surface area (Å²) in [4.78, 5) is 2.43. The van der Waals surface area contributed by atoms with Crippen molar-refractivity contribution in [2.75, 3.05) is 25.4 Å². The van der Waals surface area contributed by atoms with Crippen molar-refractivity contribution in [2.24, 2.45) is 0 Å². The largest absolute Gasteiger partial charge is 0.398 e. The summed E-state index contributed by atoms with van der Waals surface area (Å²) in [5, 5.41) is 0. The minimum absolute atomic E-state index is 0.323. The lowest BCUT2D eigenvalue weighted by molar-refractivity contribution is 0.0668. The summed E-state index contributed by atoms with van der Waals surface area (Å²) in [5.41, 5.74) is 9.43. The Hall–Kier alpha value is -1.06. The summed E-state index contributed by atoms with van der Waals surface area (Å²) in [7, 11) is 0. The fourth-order valence-electron chi connectivity index (χ4n) is 2.34. The van der Waals surface area contributed by atoms with Gasteiger partial charge in [0.25, 0.3) is 0 Å². The Kier molecular flexibility index (Phi) is 4.02. The van der Waals surface area contributed by atoms with E-state index < -0.39 is 0 Å². The van der Waals surface area contributed by atoms with Gasteiger partial charge in [0.1, 0.15) is 0 Å². The van der Waals surface area contributed by atoms with Crippen LogP contribution in [0.4, 0.5) is 5.69 Å². The van der Waals surface area contributed by atoms with Crippen LogP contribution < -0.4 is 5.73 Å². The molecule has 0 aliphatic carbocycles. The first-order valence-corrected chi connectivity index (χ1v) is 6.34. The van der Waals surface area contributed by atoms with Crippen molar-refractivity contribution in [1.82, 2.24) is 4.90 Å². The third kappa shape index (κ3) is 3.45. The van der Waals surface area contributed by atoms with E-state index in [1.165, 1.54) is 11.1 Å². The Morgan fingerprint density at radius 1 is 1.47 bits per heavy atom. The lowest BCUT2D eigenvalue weighted by Gasteiger charge is -2.22. The van der Waals surface area contributed by atoms with Crippen molar-refractivity contribution < 1.29 is 4.74 Å². The lowest BCUT2D eigenvalue weighted by atomic mass is 10.1. The van der Waals surface area contributed by atoms with Gasteiger partial charge in [0.2, 0.25) is 0 Å². The second-order valence-corrected chi connectivity index (χ2v) is 4.97. The fourth-order valence-corrected chi connectivity index (χ4v) is 2.34. The van der Waals surface area contributed by atoms with Crippen LogP contribution in [0, 0.1) is 6.92 Å². The van der Waals surface area contributed by atoms with E-state index in [2.05, 4.69) is 30.9 Å². The number of benzene rings is 1. The van der Waals surface area contributed by atoms with Crippen molar-refractivity contribution in [3.8, 4) is 0 Å². The van der Waals surface area contributed by atoms with E-state index in [0.29, 0.717) is 6.10 Å². The van der Waals surface area contributed by atoms with Crippen LogP contribution in [0.1, 0.15) is 24.5 Å². The Labute approximate surface area is 104 Å². The van der Waals surface area contributed by atoms with Gasteiger partial charge in [-0.3, -0.25) is 4.90 Å². The number of hydrogen-bond acceptors (Lipinski definition) is 3. The Bertz CT molecular complexity index is 378. The quantitative estimate of drug-likeness (QED) is 0.797. The Balaban J connectivity index is 2.06. The molecule has 0 radical (unpaired) electrons. The molecule has 1 aliphatic heterocycles. The van der Waals surface area contributed by atoms with Crippen LogP contribution in [0.5, 0.6) is 0 Å². The molecule has 1 aliphatic rings. The van der Waals surface area contributed by atoms with Crippen LogP contribution in [0.25, 0.3) is 0 Å². The Morgan fingerprint density at radius 2 is 2.29 bits per heavy atom. The summed E-state index contributed by atoms with van der Waals surface area (Å²) >= 11 is 0. The maximum atomic E-state index is 6.02. The molecule has 3 heteroatoms. The van der Waals surface area contributed by atoms with E-state index in [9.17, 15) is 0 Å². The highest BCUT2D eigenvalue weighted by Gasteiger charge is 2.15. The molecule has 2 rings (SSSR count). The maximum Gasteiger partial charge on any atom is 0.0674 e. The van der Waals surface area contributed by atoms with Gasteiger partial charge in [-0.25, -0.2) is 0 Å². The molecule has 94 valence electrons. The van der Waals surface area contributed by atoms with Crippen LogP contribution in [0.15, 0.2) is 18.2 Å². The molecule has 1 unspecified atom stereocenters. The van der Waals surface area contributed by atoms with Crippen LogP contribution in [0.2, 0.25) is 0 Å². The first-order chi connectivity index (χ1) is 8.15. The van der Waals surface area contributed by atoms with Gasteiger partial charge in [-0.15, -0.1) is 0 Å². The van der Waals surface area contributed by atoms with Gasteiger partial charge >= 0.3 is 0 Å². The predicted octanol–water partition coefficient (Wildman–Crippen LogP) is 2.19. The predicted molar refractivity (Wildman–Crippen MR) is 70.9 cm³/mol. The fraction of sp³-hybridized carbons (Fsp3) is 0.571. The van der Waals surface area contributed by atoms with Crippen LogP contribution in [0.3, 0.4) is 0 Å². The van der Waals surface area contributed by atoms with Gasteiger partial charge in [0.15, 0.2) is 0 Å². The van der Waals surface area contributed by atoms with Gasteiger partial charge in [-0.2, -0.15) is 0 Å². The summed E-state index contributed by atoms with van der Waals surface area (Å²) in [6.45, 7) is 8.14. The van der Waals surface area contributed by atoms with Crippen molar-refractivity contribution in [3.63, 3.8) is 0 Å². The smallest absolute Gasteiger partial charge is 0.0674 e. The number of nitrogens with two attached hydrogens (primary N) is 1. The highest BCUT2D eigenvalue weighted by atomic mass is 16.5. The molecular weight excluding hydrogens is 212 g/mol. The molecule has 0 spiro atoms. The molecule has 1 heterocycles. The molecule has 0 bridgehead atoms. The normalized spacial score (nSPS) is 22.4. The minimum atomic E-state index is 0.323. The van der Waals surface area contributed by atoms with E-state index >= 15 is 0 Å². The molecule has 1 atom stereocenters. The van der Waals surface area contributed by atoms with Crippen molar-refractivity contribution in [3.05, 3.63) is 29.3 Å². The highest BCUT2D eigenvalue weighted by molar-refractivity contribution is 5.48. The molecule has 0 aromatic heterocycles. The van der Waals surface area contributed by atoms with E-state index in [0.717, 1.165) is 38.3 Å². The molecule has 0 saturated carbocycles. The number of ether oxygens (including phenoxy) is 1. The molecular formula is C14H22N2O. The summed E-state index contributed by atoms with van der Waals surface area (Å²) in [5.74, 6) is 0. The van der Waals surface area contributed by atoms with E-state index in [4.69, 9.17) is 10.5 Å². The molecule has 1 aromatic carbocycles. The summed E-state index contributed by atoms with van der Waals surface area (Å²) < 4.78 is 5.65. The first kappa shape index (κ1) is 12.4. The topological polar surface area (TPSA) is 38.5 Å². The van der Waals surface area contributed by atoms with Crippen molar-refractivity contribution in [2.45, 2.75) is 32.9 Å². The number of anilines is 1. The zero-order chi connectivity index (χ0) is 12.3. The third-order valence-corrected chi connectivity index (χ3v) is 3.23.